The van der Waals surface area contributed by atoms with Crippen molar-refractivity contribution in [1.29, 1.82) is 0 Å². The van der Waals surface area contributed by atoms with Gasteiger partial charge in [-0.15, -0.1) is 0 Å². The highest BCUT2D eigenvalue weighted by molar-refractivity contribution is 7.92. The van der Waals surface area contributed by atoms with Crippen LogP contribution in [-0.4, -0.2) is 50.9 Å². The first kappa shape index (κ1) is 32.3. The lowest BCUT2D eigenvalue weighted by molar-refractivity contribution is -0.139. The highest BCUT2D eigenvalue weighted by Gasteiger charge is 2.34. The number of ether oxygens (including phenoxy) is 1. The normalized spacial score (nSPS) is 14.5. The monoisotopic (exact) mass is 629 g/mol. The number of nitrogens with zero attached hydrogens (tertiary/aromatic N) is 2. The number of halogens is 2. The summed E-state index contributed by atoms with van der Waals surface area (Å²) in [5, 5.41) is 3.26. The van der Waals surface area contributed by atoms with Gasteiger partial charge in [-0.3, -0.25) is 13.9 Å². The lowest BCUT2D eigenvalue weighted by Crippen LogP contribution is -2.53. The molecule has 1 fully saturated rings. The molecule has 1 N–H and O–H groups in total. The van der Waals surface area contributed by atoms with Gasteiger partial charge >= 0.3 is 0 Å². The van der Waals surface area contributed by atoms with Crippen LogP contribution in [-0.2, 0) is 26.2 Å². The van der Waals surface area contributed by atoms with Gasteiger partial charge in [0.2, 0.25) is 11.8 Å². The Hall–Kier alpha value is -3.63. The minimum absolute atomic E-state index is 0.0109. The van der Waals surface area contributed by atoms with Crippen LogP contribution in [0.1, 0.15) is 50.2 Å². The molecule has 3 aromatic rings. The summed E-state index contributed by atoms with van der Waals surface area (Å²) in [6.45, 7) is 2.46. The Labute approximate surface area is 257 Å². The van der Waals surface area contributed by atoms with Crippen molar-refractivity contribution < 1.29 is 27.1 Å². The van der Waals surface area contributed by atoms with Gasteiger partial charge in [-0.1, -0.05) is 66.8 Å². The molecule has 4 rings (SSSR count). The van der Waals surface area contributed by atoms with Crippen molar-refractivity contribution in [2.24, 2.45) is 0 Å². The number of nitrogens with one attached hydrogen (secondary N) is 1. The summed E-state index contributed by atoms with van der Waals surface area (Å²) in [5.41, 5.74) is 1.10. The Morgan fingerprint density at radius 1 is 1.05 bits per heavy atom. The number of sulfonamides is 1. The Kier molecular flexibility index (Phi) is 10.7. The van der Waals surface area contributed by atoms with Gasteiger partial charge in [0, 0.05) is 23.2 Å². The molecule has 230 valence electrons. The molecule has 11 heteroatoms. The third-order valence-corrected chi connectivity index (χ3v) is 9.72. The van der Waals surface area contributed by atoms with Gasteiger partial charge in [0.1, 0.15) is 24.2 Å². The average molecular weight is 630 g/mol. The Morgan fingerprint density at radius 2 is 1.72 bits per heavy atom. The van der Waals surface area contributed by atoms with Crippen molar-refractivity contribution >= 4 is 39.1 Å². The van der Waals surface area contributed by atoms with Gasteiger partial charge in [0.25, 0.3) is 10.0 Å². The van der Waals surface area contributed by atoms with Crippen molar-refractivity contribution in [3.05, 3.63) is 88.7 Å². The predicted molar refractivity (Wildman–Crippen MR) is 165 cm³/mol. The number of carbonyl (C=O) groups is 2. The summed E-state index contributed by atoms with van der Waals surface area (Å²) >= 11 is 6.28. The van der Waals surface area contributed by atoms with Crippen molar-refractivity contribution in [2.45, 2.75) is 69.5 Å². The third kappa shape index (κ3) is 7.86. The molecule has 0 bridgehead atoms. The van der Waals surface area contributed by atoms with E-state index in [1.165, 1.54) is 54.5 Å². The molecular formula is C32H37ClFN3O5S. The van der Waals surface area contributed by atoms with E-state index >= 15 is 0 Å². The quantitative estimate of drug-likeness (QED) is 0.287. The van der Waals surface area contributed by atoms with Gasteiger partial charge in [-0.2, -0.15) is 0 Å². The van der Waals surface area contributed by atoms with Crippen LogP contribution in [0.3, 0.4) is 0 Å². The predicted octanol–water partition coefficient (Wildman–Crippen LogP) is 5.86. The molecule has 3 aromatic carbocycles. The molecule has 8 nitrogen and oxygen atoms in total. The van der Waals surface area contributed by atoms with Crippen LogP contribution in [0.4, 0.5) is 10.1 Å². The molecule has 1 aliphatic carbocycles. The first-order chi connectivity index (χ1) is 20.5. The first-order valence-corrected chi connectivity index (χ1v) is 16.1. The Bertz CT molecular complexity index is 1540. The van der Waals surface area contributed by atoms with Crippen LogP contribution in [0.5, 0.6) is 5.75 Å². The number of rotatable bonds is 11. The van der Waals surface area contributed by atoms with E-state index in [0.29, 0.717) is 0 Å². The molecular weight excluding hydrogens is 593 g/mol. The Balaban J connectivity index is 1.74. The summed E-state index contributed by atoms with van der Waals surface area (Å²) in [6.07, 6.45) is 4.81. The molecule has 1 saturated carbocycles. The van der Waals surface area contributed by atoms with E-state index in [1.807, 2.05) is 6.92 Å². The topological polar surface area (TPSA) is 96.0 Å². The maximum atomic E-state index is 14.8. The molecule has 0 aromatic heterocycles. The Morgan fingerprint density at radius 3 is 2.37 bits per heavy atom. The maximum Gasteiger partial charge on any atom is 0.264 e. The van der Waals surface area contributed by atoms with Crippen LogP contribution < -0.4 is 14.4 Å². The second-order valence-electron chi connectivity index (χ2n) is 10.8. The molecule has 0 aliphatic heterocycles. The minimum atomic E-state index is -4.33. The van der Waals surface area contributed by atoms with E-state index in [4.69, 9.17) is 16.3 Å². The average Bonchev–Trinajstić information content (AvgIpc) is 2.99. The number of hydrogen-bond donors (Lipinski definition) is 1. The molecule has 1 aliphatic rings. The number of anilines is 1. The van der Waals surface area contributed by atoms with Crippen LogP contribution in [0.25, 0.3) is 0 Å². The summed E-state index contributed by atoms with van der Waals surface area (Å²) in [4.78, 5) is 28.7. The van der Waals surface area contributed by atoms with E-state index in [9.17, 15) is 22.4 Å². The maximum absolute atomic E-state index is 14.8. The van der Waals surface area contributed by atoms with Crippen molar-refractivity contribution in [3.63, 3.8) is 0 Å². The smallest absolute Gasteiger partial charge is 0.264 e. The second-order valence-corrected chi connectivity index (χ2v) is 13.1. The van der Waals surface area contributed by atoms with Crippen molar-refractivity contribution in [2.75, 3.05) is 18.0 Å². The molecule has 0 heterocycles. The van der Waals surface area contributed by atoms with Crippen LogP contribution >= 0.6 is 11.6 Å². The minimum Gasteiger partial charge on any atom is -0.495 e. The summed E-state index contributed by atoms with van der Waals surface area (Å²) in [5.74, 6) is -1.45. The van der Waals surface area contributed by atoms with Gasteiger partial charge in [-0.25, -0.2) is 12.8 Å². The second kappa shape index (κ2) is 14.2. The van der Waals surface area contributed by atoms with Crippen molar-refractivity contribution in [3.8, 4) is 5.75 Å². The van der Waals surface area contributed by atoms with Crippen LogP contribution in [0.2, 0.25) is 5.02 Å². The zero-order chi connectivity index (χ0) is 31.1. The molecule has 43 heavy (non-hydrogen) atoms. The molecule has 1 unspecified atom stereocenters. The van der Waals surface area contributed by atoms with Gasteiger partial charge in [-0.05, 0) is 63.1 Å². The SMILES string of the molecule is COc1ccc(Cl)cc1N(CC(=O)N(Cc1ccccc1F)C(C)C(=O)NC1CCCCC1)S(=O)(=O)c1ccc(C)cc1. The zero-order valence-corrected chi connectivity index (χ0v) is 26.1. The number of amides is 2. The number of methoxy groups -OCH3 is 1. The summed E-state index contributed by atoms with van der Waals surface area (Å²) < 4.78 is 49.3. The number of aryl methyl sites for hydroxylation is 1. The molecule has 0 saturated heterocycles. The first-order valence-electron chi connectivity index (χ1n) is 14.3. The molecule has 2 amide bonds. The molecule has 0 spiro atoms. The number of hydrogen-bond acceptors (Lipinski definition) is 5. The van der Waals surface area contributed by atoms with Gasteiger partial charge < -0.3 is 15.0 Å². The lowest BCUT2D eigenvalue weighted by Gasteiger charge is -2.33. The fourth-order valence-electron chi connectivity index (χ4n) is 5.17. The van der Waals surface area contributed by atoms with E-state index in [-0.39, 0.29) is 45.4 Å². The van der Waals surface area contributed by atoms with Gasteiger partial charge in [0.05, 0.1) is 17.7 Å². The lowest BCUT2D eigenvalue weighted by atomic mass is 9.95. The summed E-state index contributed by atoms with van der Waals surface area (Å²) in [7, 11) is -2.94. The molecule has 1 atom stereocenters. The van der Waals surface area contributed by atoms with E-state index in [2.05, 4.69) is 5.32 Å². The van der Waals surface area contributed by atoms with Crippen molar-refractivity contribution in [1.82, 2.24) is 10.2 Å². The van der Waals surface area contributed by atoms with Crippen LogP contribution in [0, 0.1) is 12.7 Å². The van der Waals surface area contributed by atoms with E-state index < -0.39 is 34.3 Å². The standard InChI is InChI=1S/C32H37ClFN3O5S/c1-22-13-16-27(17-14-22)43(40,41)37(29-19-25(33)15-18-30(29)42-3)21-31(38)36(20-24-9-7-8-12-28(24)34)23(2)32(39)35-26-10-5-4-6-11-26/h7-9,12-19,23,26H,4-6,10-11,20-21H2,1-3H3,(H,35,39). The highest BCUT2D eigenvalue weighted by atomic mass is 35.5. The number of carbonyl (C=O) groups excluding carboxylic acids is 2. The fraction of sp³-hybridized carbons (Fsp3) is 0.375. The van der Waals surface area contributed by atoms with Crippen LogP contribution in [0.15, 0.2) is 71.6 Å². The highest BCUT2D eigenvalue weighted by Crippen LogP contribution is 2.35. The number of benzene rings is 3. The fourth-order valence-corrected chi connectivity index (χ4v) is 6.75. The summed E-state index contributed by atoms with van der Waals surface area (Å²) in [6, 6.07) is 15.6. The molecule has 0 radical (unpaired) electrons. The largest absolute Gasteiger partial charge is 0.495 e. The van der Waals surface area contributed by atoms with E-state index in [0.717, 1.165) is 42.0 Å². The zero-order valence-electron chi connectivity index (χ0n) is 24.6. The van der Waals surface area contributed by atoms with Gasteiger partial charge in [0.15, 0.2) is 0 Å². The van der Waals surface area contributed by atoms with E-state index in [1.54, 1.807) is 31.2 Å². The third-order valence-electron chi connectivity index (χ3n) is 7.71.